The normalized spacial score (nSPS) is 23.8. The Morgan fingerprint density at radius 2 is 1.68 bits per heavy atom. The highest BCUT2D eigenvalue weighted by molar-refractivity contribution is 7.89. The van der Waals surface area contributed by atoms with Crippen molar-refractivity contribution in [2.45, 2.75) is 99.2 Å². The molecule has 0 radical (unpaired) electrons. The van der Waals surface area contributed by atoms with Crippen LogP contribution in [0.15, 0.2) is 65.6 Å². The number of para-hydroxylation sites is 2. The Kier molecular flexibility index (Phi) is 8.99. The minimum absolute atomic E-state index is 0.00520. The molecule has 4 aromatic rings. The summed E-state index contributed by atoms with van der Waals surface area (Å²) in [7, 11) is -3.90. The fourth-order valence-electron chi connectivity index (χ4n) is 9.01. The van der Waals surface area contributed by atoms with E-state index in [0.717, 1.165) is 55.6 Å². The lowest BCUT2D eigenvalue weighted by Crippen LogP contribution is -2.49. The van der Waals surface area contributed by atoms with E-state index >= 15 is 0 Å². The van der Waals surface area contributed by atoms with Crippen molar-refractivity contribution in [2.24, 2.45) is 0 Å². The van der Waals surface area contributed by atoms with Gasteiger partial charge >= 0.3 is 0 Å². The van der Waals surface area contributed by atoms with Crippen LogP contribution in [0.2, 0.25) is 10.0 Å². The Bertz CT molecular complexity index is 2050. The van der Waals surface area contributed by atoms with Gasteiger partial charge in [0.25, 0.3) is 5.91 Å². The Labute approximate surface area is 303 Å². The van der Waals surface area contributed by atoms with Gasteiger partial charge in [0.05, 0.1) is 26.6 Å². The van der Waals surface area contributed by atoms with Crippen LogP contribution in [-0.2, 0) is 15.4 Å². The van der Waals surface area contributed by atoms with E-state index in [1.54, 1.807) is 17.0 Å². The summed E-state index contributed by atoms with van der Waals surface area (Å²) < 4.78 is 45.9. The van der Waals surface area contributed by atoms with Crippen molar-refractivity contribution >= 4 is 50.2 Å². The van der Waals surface area contributed by atoms with Gasteiger partial charge in [-0.3, -0.25) is 9.69 Å². The number of benzene rings is 3. The molecule has 4 aliphatic rings. The summed E-state index contributed by atoms with van der Waals surface area (Å²) in [4.78, 5) is 23.1. The highest BCUT2D eigenvalue weighted by Crippen LogP contribution is 2.45. The van der Waals surface area contributed by atoms with Crippen LogP contribution < -0.4 is 4.72 Å². The number of likely N-dealkylation sites (tertiary alicyclic amines) is 1. The third-order valence-electron chi connectivity index (χ3n) is 11.7. The summed E-state index contributed by atoms with van der Waals surface area (Å²) in [5, 5.41) is -0.0412. The number of hydrogen-bond acceptors (Lipinski definition) is 5. The first-order valence-corrected chi connectivity index (χ1v) is 20.0. The molecule has 8 rings (SSSR count). The topological polar surface area (TPSA) is 87.5 Å². The number of fused-ring (bicyclic) bond motifs is 3. The summed E-state index contributed by atoms with van der Waals surface area (Å²) in [5.41, 5.74) is 2.90. The van der Waals surface area contributed by atoms with Crippen LogP contribution in [0.3, 0.4) is 0 Å². The first-order valence-electron chi connectivity index (χ1n) is 17.8. The van der Waals surface area contributed by atoms with Crippen molar-refractivity contribution in [3.8, 4) is 0 Å². The highest BCUT2D eigenvalue weighted by atomic mass is 35.5. The Hall–Kier alpha value is -3.02. The lowest BCUT2D eigenvalue weighted by molar-refractivity contribution is 0.0606. The molecule has 1 saturated carbocycles. The van der Waals surface area contributed by atoms with E-state index in [2.05, 4.69) is 39.3 Å². The number of carbonyl (C=O) groups excluding carboxylic acids is 1. The van der Waals surface area contributed by atoms with Crippen LogP contribution in [0.1, 0.15) is 85.6 Å². The second kappa shape index (κ2) is 13.2. The summed E-state index contributed by atoms with van der Waals surface area (Å²) in [6.45, 7) is 3.85. The van der Waals surface area contributed by atoms with Gasteiger partial charge in [0.1, 0.15) is 16.5 Å². The number of aryl methyl sites for hydroxylation is 1. The highest BCUT2D eigenvalue weighted by Gasteiger charge is 2.45. The molecule has 2 bridgehead atoms. The van der Waals surface area contributed by atoms with Crippen molar-refractivity contribution in [2.75, 3.05) is 19.6 Å². The molecular formula is C38H42Cl2FN5O3S. The van der Waals surface area contributed by atoms with E-state index in [1.807, 2.05) is 12.1 Å². The molecule has 8 nitrogen and oxygen atoms in total. The summed E-state index contributed by atoms with van der Waals surface area (Å²) in [6.07, 6.45) is 8.21. The van der Waals surface area contributed by atoms with Crippen LogP contribution in [0, 0.1) is 12.7 Å². The van der Waals surface area contributed by atoms with Crippen LogP contribution in [0.5, 0.6) is 0 Å². The second-order valence-electron chi connectivity index (χ2n) is 14.7. The molecule has 1 unspecified atom stereocenters. The molecule has 3 atom stereocenters. The number of nitrogens with one attached hydrogen (secondary N) is 1. The molecule has 4 heterocycles. The summed E-state index contributed by atoms with van der Waals surface area (Å²) in [6, 6.07) is 19.4. The average molecular weight is 739 g/mol. The zero-order chi connectivity index (χ0) is 34.8. The number of aromatic nitrogens is 2. The van der Waals surface area contributed by atoms with Gasteiger partial charge < -0.3 is 9.47 Å². The van der Waals surface area contributed by atoms with E-state index in [9.17, 15) is 17.6 Å². The maximum absolute atomic E-state index is 14.7. The van der Waals surface area contributed by atoms with Gasteiger partial charge in [0.2, 0.25) is 10.0 Å². The molecule has 1 aromatic heterocycles. The first-order chi connectivity index (χ1) is 24.0. The van der Waals surface area contributed by atoms with Crippen molar-refractivity contribution in [3.05, 3.63) is 93.5 Å². The van der Waals surface area contributed by atoms with E-state index in [0.29, 0.717) is 44.1 Å². The van der Waals surface area contributed by atoms with Crippen LogP contribution >= 0.6 is 23.2 Å². The number of imidazole rings is 1. The molecule has 3 aromatic carbocycles. The number of nitrogens with zero attached hydrogens (tertiary/aromatic N) is 4. The van der Waals surface area contributed by atoms with E-state index in [4.69, 9.17) is 28.2 Å². The van der Waals surface area contributed by atoms with Gasteiger partial charge in [0.15, 0.2) is 0 Å². The van der Waals surface area contributed by atoms with Gasteiger partial charge in [-0.2, -0.15) is 0 Å². The molecule has 12 heteroatoms. The number of amides is 1. The van der Waals surface area contributed by atoms with Crippen molar-refractivity contribution in [3.63, 3.8) is 0 Å². The predicted molar refractivity (Wildman–Crippen MR) is 194 cm³/mol. The number of piperidine rings is 2. The monoisotopic (exact) mass is 737 g/mol. The lowest BCUT2D eigenvalue weighted by atomic mass is 9.70. The van der Waals surface area contributed by atoms with Gasteiger partial charge in [-0.25, -0.2) is 22.5 Å². The molecule has 1 N–H and O–H groups in total. The molecule has 1 amide bonds. The number of carbonyl (C=O) groups is 1. The van der Waals surface area contributed by atoms with Crippen molar-refractivity contribution in [1.29, 1.82) is 0 Å². The number of hydrogen-bond donors (Lipinski definition) is 1. The standard InChI is InChI=1S/C38H42Cl2FN5O3S/c1-24-42-32-7-2-3-8-33(32)46(24)30-22-28-11-12-29(23-30)45(28)20-17-38(25-5-4-6-26(41)21-25)15-18-44(19-16-38)37(47)35-31(39)13-14-34(36(35)40)50(48,49)43-27-9-10-27/h2-8,13-14,21,27-30,43H,9-12,15-20,22-23H2,1H3/t28-,29+,30?. The predicted octanol–water partition coefficient (Wildman–Crippen LogP) is 7.66. The van der Waals surface area contributed by atoms with E-state index in [1.165, 1.54) is 36.6 Å². The molecular weight excluding hydrogens is 696 g/mol. The van der Waals surface area contributed by atoms with Crippen molar-refractivity contribution in [1.82, 2.24) is 24.1 Å². The molecule has 3 aliphatic heterocycles. The van der Waals surface area contributed by atoms with Gasteiger partial charge in [0, 0.05) is 37.3 Å². The van der Waals surface area contributed by atoms with Crippen LogP contribution in [-0.4, -0.2) is 71.4 Å². The van der Waals surface area contributed by atoms with Gasteiger partial charge in [-0.1, -0.05) is 47.5 Å². The Balaban J connectivity index is 0.997. The van der Waals surface area contributed by atoms with E-state index in [-0.39, 0.29) is 37.8 Å². The fourth-order valence-corrected chi connectivity index (χ4v) is 11.2. The molecule has 1 aliphatic carbocycles. The largest absolute Gasteiger partial charge is 0.338 e. The third-order valence-corrected chi connectivity index (χ3v) is 14.1. The molecule has 4 fully saturated rings. The van der Waals surface area contributed by atoms with Crippen LogP contribution in [0.25, 0.3) is 11.0 Å². The summed E-state index contributed by atoms with van der Waals surface area (Å²) in [5.74, 6) is 0.417. The first kappa shape index (κ1) is 34.1. The number of rotatable bonds is 9. The maximum Gasteiger partial charge on any atom is 0.256 e. The Morgan fingerprint density at radius 1 is 0.960 bits per heavy atom. The fraction of sp³-hybridized carbons (Fsp3) is 0.474. The smallest absolute Gasteiger partial charge is 0.256 e. The second-order valence-corrected chi connectivity index (χ2v) is 17.2. The SMILES string of the molecule is Cc1nc2ccccc2n1C1C[C@H]2CC[C@@H](C1)N2CCC1(c2cccc(F)c2)CCN(C(=O)c2c(Cl)ccc(S(=O)(=O)NC3CC3)c2Cl)CC1. The van der Waals surface area contributed by atoms with Crippen LogP contribution in [0.4, 0.5) is 4.39 Å². The summed E-state index contributed by atoms with van der Waals surface area (Å²) >= 11 is 13.1. The molecule has 0 spiro atoms. The van der Waals surface area contributed by atoms with Gasteiger partial charge in [-0.05, 0) is 119 Å². The van der Waals surface area contributed by atoms with Crippen molar-refractivity contribution < 1.29 is 17.6 Å². The third kappa shape index (κ3) is 6.25. The van der Waals surface area contributed by atoms with E-state index < -0.39 is 15.9 Å². The average Bonchev–Trinajstić information content (AvgIpc) is 3.78. The minimum atomic E-state index is -3.90. The maximum atomic E-state index is 14.7. The zero-order valence-corrected chi connectivity index (χ0v) is 30.5. The lowest BCUT2D eigenvalue weighted by Gasteiger charge is -2.45. The number of halogens is 3. The minimum Gasteiger partial charge on any atom is -0.338 e. The van der Waals surface area contributed by atoms with Gasteiger partial charge in [-0.15, -0.1) is 0 Å². The molecule has 50 heavy (non-hydrogen) atoms. The quantitative estimate of drug-likeness (QED) is 0.191. The molecule has 264 valence electrons. The zero-order valence-electron chi connectivity index (χ0n) is 28.1. The Morgan fingerprint density at radius 3 is 2.38 bits per heavy atom. The number of sulfonamides is 1. The molecule has 3 saturated heterocycles.